The van der Waals surface area contributed by atoms with Gasteiger partial charge in [-0.1, -0.05) is 68.7 Å². The lowest BCUT2D eigenvalue weighted by molar-refractivity contribution is 0.276. The van der Waals surface area contributed by atoms with Crippen molar-refractivity contribution in [1.82, 2.24) is 19.9 Å². The number of fused-ring (bicyclic) bond motifs is 8. The van der Waals surface area contributed by atoms with E-state index in [4.69, 9.17) is 28.9 Å². The molecule has 0 atom stereocenters. The highest BCUT2D eigenvalue weighted by Gasteiger charge is 2.19. The maximum atomic E-state index is 6.42. The number of anilines is 1. The van der Waals surface area contributed by atoms with Crippen molar-refractivity contribution in [3.05, 3.63) is 89.5 Å². The molecule has 9 nitrogen and oxygen atoms in total. The minimum atomic E-state index is 0.532. The first-order chi connectivity index (χ1) is 31.4. The number of hydrogen-bond donors (Lipinski definition) is 3. The van der Waals surface area contributed by atoms with E-state index in [1.807, 2.05) is 12.1 Å². The number of ether oxygens (including phenoxy) is 4. The number of hydrogen-bond acceptors (Lipinski definition) is 7. The van der Waals surface area contributed by atoms with Crippen molar-refractivity contribution in [2.45, 2.75) is 101 Å². The van der Waals surface area contributed by atoms with E-state index < -0.39 is 0 Å². The molecule has 5 aromatic rings. The van der Waals surface area contributed by atoms with E-state index in [0.29, 0.717) is 50.1 Å². The lowest BCUT2D eigenvalue weighted by Gasteiger charge is -2.14. The van der Waals surface area contributed by atoms with E-state index in [1.165, 1.54) is 0 Å². The zero-order valence-electron chi connectivity index (χ0n) is 40.3. The summed E-state index contributed by atoms with van der Waals surface area (Å²) in [6, 6.07) is 23.2. The highest BCUT2D eigenvalue weighted by atomic mass is 16.5. The molecule has 0 amide bonds. The molecule has 65 heavy (non-hydrogen) atoms. The Morgan fingerprint density at radius 3 is 1.45 bits per heavy atom. The predicted molar refractivity (Wildman–Crippen MR) is 273 cm³/mol. The number of H-pyrrole nitrogens is 2. The second-order valence-electron chi connectivity index (χ2n) is 19.1. The summed E-state index contributed by atoms with van der Waals surface area (Å²) in [4.78, 5) is 18.3. The Labute approximate surface area is 387 Å². The summed E-state index contributed by atoms with van der Waals surface area (Å²) >= 11 is 0. The summed E-state index contributed by atoms with van der Waals surface area (Å²) in [5.74, 6) is 5.25. The third-order valence-corrected chi connectivity index (χ3v) is 11.6. The van der Waals surface area contributed by atoms with Gasteiger partial charge < -0.3 is 34.2 Å². The molecular weight excluding hydrogens is 807 g/mol. The molecule has 7 rings (SSSR count). The predicted octanol–water partition coefficient (Wildman–Crippen LogP) is 14.9. The number of nitrogens with zero attached hydrogens (tertiary/aromatic N) is 2. The maximum absolute atomic E-state index is 6.42. The van der Waals surface area contributed by atoms with E-state index >= 15 is 0 Å². The van der Waals surface area contributed by atoms with Gasteiger partial charge in [0.15, 0.2) is 0 Å². The van der Waals surface area contributed by atoms with E-state index in [-0.39, 0.29) is 0 Å². The van der Waals surface area contributed by atoms with Crippen LogP contribution in [0.2, 0.25) is 0 Å². The van der Waals surface area contributed by atoms with Crippen LogP contribution in [0.25, 0.3) is 68.6 Å². The first-order valence-electron chi connectivity index (χ1n) is 24.1. The molecule has 2 aromatic carbocycles. The standard InChI is InChI=1S/C56H71N5O4/c1-10-11-24-57-56-52-18-16-50(60-52)54(40-29-44(62-25-20-36(2)3)34-45(30-40)63-26-21-37(4)5)48-14-12-42(58-48)33-43-13-15-49(59-43)55(51-17-19-53(56)61-51)41-31-46(64-27-22-38(6)7)35-47(32-41)65-28-23-39(8)9/h12-19,29-39,57-58,61H,10-11,20-28H2,1-9H3. The molecule has 0 saturated heterocycles. The van der Waals surface area contributed by atoms with Gasteiger partial charge in [0, 0.05) is 46.4 Å². The van der Waals surface area contributed by atoms with Gasteiger partial charge in [-0.3, -0.25) is 0 Å². The van der Waals surface area contributed by atoms with Gasteiger partial charge in [0.25, 0.3) is 0 Å². The zero-order valence-corrected chi connectivity index (χ0v) is 40.3. The molecule has 0 unspecified atom stereocenters. The van der Waals surface area contributed by atoms with Gasteiger partial charge in [-0.25, -0.2) is 9.97 Å². The third-order valence-electron chi connectivity index (χ3n) is 11.6. The van der Waals surface area contributed by atoms with Crippen LogP contribution in [0, 0.1) is 23.7 Å². The molecular formula is C56H71N5O4. The fourth-order valence-electron chi connectivity index (χ4n) is 7.74. The van der Waals surface area contributed by atoms with Crippen LogP contribution < -0.4 is 24.3 Å². The molecule has 3 aromatic heterocycles. The number of unbranched alkanes of at least 4 members (excludes halogenated alkanes) is 1. The topological polar surface area (TPSA) is 106 Å². The summed E-state index contributed by atoms with van der Waals surface area (Å²) in [7, 11) is 0. The summed E-state index contributed by atoms with van der Waals surface area (Å²) in [5.41, 5.74) is 11.9. The van der Waals surface area contributed by atoms with E-state index in [1.54, 1.807) is 0 Å². The van der Waals surface area contributed by atoms with E-state index in [0.717, 1.165) is 141 Å². The monoisotopic (exact) mass is 878 g/mol. The van der Waals surface area contributed by atoms with Crippen LogP contribution in [-0.4, -0.2) is 52.9 Å². The highest BCUT2D eigenvalue weighted by Crippen LogP contribution is 2.39. The first-order valence-corrected chi connectivity index (χ1v) is 24.1. The molecule has 2 aliphatic heterocycles. The highest BCUT2D eigenvalue weighted by molar-refractivity contribution is 5.96. The Balaban J connectivity index is 1.45. The molecule has 0 spiro atoms. The van der Waals surface area contributed by atoms with Gasteiger partial charge in [-0.2, -0.15) is 0 Å². The van der Waals surface area contributed by atoms with E-state index in [9.17, 15) is 0 Å². The second-order valence-corrected chi connectivity index (χ2v) is 19.1. The summed E-state index contributed by atoms with van der Waals surface area (Å²) < 4.78 is 25.7. The van der Waals surface area contributed by atoms with Crippen molar-refractivity contribution in [3.8, 4) is 45.3 Å². The number of nitrogens with one attached hydrogen (secondary N) is 3. The Morgan fingerprint density at radius 2 is 0.938 bits per heavy atom. The Morgan fingerprint density at radius 1 is 0.492 bits per heavy atom. The summed E-state index contributed by atoms with van der Waals surface area (Å²) in [6.07, 6.45) is 14.4. The molecule has 2 aliphatic rings. The van der Waals surface area contributed by atoms with Crippen molar-refractivity contribution in [3.63, 3.8) is 0 Å². The molecule has 8 bridgehead atoms. The molecule has 3 N–H and O–H groups in total. The number of aromatic amines is 2. The van der Waals surface area contributed by atoms with Crippen molar-refractivity contribution in [2.24, 2.45) is 23.7 Å². The van der Waals surface area contributed by atoms with Crippen LogP contribution in [0.15, 0.2) is 66.7 Å². The van der Waals surface area contributed by atoms with Gasteiger partial charge >= 0.3 is 0 Å². The average molecular weight is 878 g/mol. The molecule has 0 aliphatic carbocycles. The van der Waals surface area contributed by atoms with Crippen LogP contribution in [0.3, 0.4) is 0 Å². The molecule has 5 heterocycles. The molecule has 0 radical (unpaired) electrons. The maximum Gasteiger partial charge on any atom is 0.123 e. The van der Waals surface area contributed by atoms with Crippen LogP contribution >= 0.6 is 0 Å². The van der Waals surface area contributed by atoms with Crippen molar-refractivity contribution in [1.29, 1.82) is 0 Å². The minimum absolute atomic E-state index is 0.532. The van der Waals surface area contributed by atoms with Gasteiger partial charge in [0.05, 0.1) is 60.4 Å². The fourth-order valence-corrected chi connectivity index (χ4v) is 7.74. The van der Waals surface area contributed by atoms with E-state index in [2.05, 4.69) is 156 Å². The normalized spacial score (nSPS) is 12.3. The lowest BCUT2D eigenvalue weighted by atomic mass is 10.0. The minimum Gasteiger partial charge on any atom is -0.493 e. The van der Waals surface area contributed by atoms with Crippen molar-refractivity contribution >= 4 is 52.1 Å². The van der Waals surface area contributed by atoms with Gasteiger partial charge in [-0.15, -0.1) is 0 Å². The van der Waals surface area contributed by atoms with Crippen molar-refractivity contribution < 1.29 is 18.9 Å². The smallest absolute Gasteiger partial charge is 0.123 e. The molecule has 0 saturated carbocycles. The van der Waals surface area contributed by atoms with Gasteiger partial charge in [0.1, 0.15) is 23.0 Å². The van der Waals surface area contributed by atoms with Gasteiger partial charge in [-0.05, 0) is 146 Å². The Kier molecular flexibility index (Phi) is 16.1. The average Bonchev–Trinajstić information content (AvgIpc) is 4.10. The summed E-state index contributed by atoms with van der Waals surface area (Å²) in [5, 5.41) is 3.79. The number of rotatable bonds is 22. The van der Waals surface area contributed by atoms with Crippen LogP contribution in [0.4, 0.5) is 5.69 Å². The van der Waals surface area contributed by atoms with Crippen LogP contribution in [0.5, 0.6) is 23.0 Å². The second kappa shape index (κ2) is 22.3. The molecule has 344 valence electrons. The fraction of sp³-hybridized carbons (Fsp3) is 0.429. The lowest BCUT2D eigenvalue weighted by Crippen LogP contribution is -2.04. The van der Waals surface area contributed by atoms with Crippen LogP contribution in [-0.2, 0) is 0 Å². The quantitative estimate of drug-likeness (QED) is 0.0582. The van der Waals surface area contributed by atoms with Crippen LogP contribution in [0.1, 0.15) is 124 Å². The molecule has 0 fully saturated rings. The SMILES string of the molecule is CCCCNc1c2nc(c(-c3cc(OCCC(C)C)cc(OCCC(C)C)c3)c3ccc(cc4nc(c(-c5cc(OCCC(C)C)cc(OCCC(C)C)c5)c5ccc1[nH]5)C=C4)[nH]3)C=C2. The third kappa shape index (κ3) is 12.9. The summed E-state index contributed by atoms with van der Waals surface area (Å²) in [6.45, 7) is 23.3. The Hall–Kier alpha value is -5.96. The number of aromatic nitrogens is 4. The molecule has 9 heteroatoms. The van der Waals surface area contributed by atoms with Crippen molar-refractivity contribution in [2.75, 3.05) is 38.3 Å². The van der Waals surface area contributed by atoms with Gasteiger partial charge in [0.2, 0.25) is 0 Å². The Bertz CT molecular complexity index is 2480. The zero-order chi connectivity index (χ0) is 45.9. The largest absolute Gasteiger partial charge is 0.493 e. The number of benzene rings is 2. The first kappa shape index (κ1) is 47.0.